The zero-order chi connectivity index (χ0) is 18.1. The molecule has 2 aromatic heterocycles. The maximum atomic E-state index is 12.7. The second kappa shape index (κ2) is 6.67. The fraction of sp³-hybridized carbons (Fsp3) is 0.316. The maximum Gasteiger partial charge on any atom is 0.325 e. The largest absolute Gasteiger partial charge is 0.361 e. The van der Waals surface area contributed by atoms with Gasteiger partial charge in [0.25, 0.3) is 0 Å². The molecule has 0 radical (unpaired) electrons. The molecule has 0 unspecified atom stereocenters. The van der Waals surface area contributed by atoms with E-state index in [2.05, 4.69) is 10.3 Å². The zero-order valence-electron chi connectivity index (χ0n) is 14.9. The number of nitrogens with zero attached hydrogens (tertiary/aromatic N) is 5. The van der Waals surface area contributed by atoms with Gasteiger partial charge in [-0.1, -0.05) is 35.5 Å². The summed E-state index contributed by atoms with van der Waals surface area (Å²) in [5.74, 6) is 0.797. The summed E-state index contributed by atoms with van der Waals surface area (Å²) < 4.78 is 7.01. The average Bonchev–Trinajstić information content (AvgIpc) is 3.33. The number of aromatic nitrogens is 3. The van der Waals surface area contributed by atoms with Gasteiger partial charge in [-0.15, -0.1) is 0 Å². The molecule has 7 heteroatoms. The Balaban J connectivity index is 1.45. The number of rotatable bonds is 5. The molecule has 1 aromatic carbocycles. The van der Waals surface area contributed by atoms with Gasteiger partial charge in [-0.3, -0.25) is 9.58 Å². The molecule has 0 saturated carbocycles. The van der Waals surface area contributed by atoms with Crippen LogP contribution in [-0.4, -0.2) is 39.0 Å². The predicted molar refractivity (Wildman–Crippen MR) is 96.9 cm³/mol. The van der Waals surface area contributed by atoms with Crippen LogP contribution in [0.15, 0.2) is 47.2 Å². The van der Waals surface area contributed by atoms with Gasteiger partial charge in [-0.2, -0.15) is 5.10 Å². The minimum absolute atomic E-state index is 0.0192. The molecule has 3 heterocycles. The molecule has 3 aromatic rings. The standard InChI is InChI=1S/C19H21N5O2/c1-14-18(15(2)26-21-14)13-23-12-17(10-20-23)24-9-8-22(19(24)25)11-16-6-4-3-5-7-16/h3-7,10,12H,8-9,11,13H2,1-2H3. The highest BCUT2D eigenvalue weighted by atomic mass is 16.5. The van der Waals surface area contributed by atoms with Gasteiger partial charge >= 0.3 is 6.03 Å². The number of carbonyl (C=O) groups is 1. The van der Waals surface area contributed by atoms with Crippen LogP contribution in [0.4, 0.5) is 10.5 Å². The number of aryl methyl sites for hydroxylation is 2. The molecule has 0 atom stereocenters. The van der Waals surface area contributed by atoms with E-state index < -0.39 is 0 Å². The summed E-state index contributed by atoms with van der Waals surface area (Å²) in [6.45, 7) is 6.40. The van der Waals surface area contributed by atoms with E-state index in [9.17, 15) is 4.79 Å². The van der Waals surface area contributed by atoms with Crippen molar-refractivity contribution in [2.24, 2.45) is 0 Å². The molecule has 134 valence electrons. The first-order valence-electron chi connectivity index (χ1n) is 8.66. The van der Waals surface area contributed by atoms with E-state index in [1.807, 2.05) is 60.0 Å². The second-order valence-electron chi connectivity index (χ2n) is 6.54. The van der Waals surface area contributed by atoms with E-state index in [-0.39, 0.29) is 6.03 Å². The Bertz CT molecular complexity index is 896. The third-order valence-electron chi connectivity index (χ3n) is 4.74. The van der Waals surface area contributed by atoms with E-state index in [4.69, 9.17) is 4.52 Å². The minimum atomic E-state index is 0.0192. The van der Waals surface area contributed by atoms with Crippen molar-refractivity contribution in [2.45, 2.75) is 26.9 Å². The number of hydrogen-bond acceptors (Lipinski definition) is 4. The minimum Gasteiger partial charge on any atom is -0.361 e. The van der Waals surface area contributed by atoms with Gasteiger partial charge < -0.3 is 9.42 Å². The maximum absolute atomic E-state index is 12.7. The summed E-state index contributed by atoms with van der Waals surface area (Å²) >= 11 is 0. The van der Waals surface area contributed by atoms with E-state index in [1.54, 1.807) is 11.1 Å². The number of carbonyl (C=O) groups excluding carboxylic acids is 1. The van der Waals surface area contributed by atoms with Crippen LogP contribution in [0.5, 0.6) is 0 Å². The normalized spacial score (nSPS) is 14.5. The molecule has 0 spiro atoms. The summed E-state index contributed by atoms with van der Waals surface area (Å²) in [4.78, 5) is 16.4. The van der Waals surface area contributed by atoms with Gasteiger partial charge in [0.1, 0.15) is 5.76 Å². The Morgan fingerprint density at radius 1 is 1.12 bits per heavy atom. The van der Waals surface area contributed by atoms with Crippen LogP contribution < -0.4 is 4.90 Å². The van der Waals surface area contributed by atoms with Crippen LogP contribution in [0.25, 0.3) is 0 Å². The van der Waals surface area contributed by atoms with Gasteiger partial charge in [-0.05, 0) is 19.4 Å². The van der Waals surface area contributed by atoms with Gasteiger partial charge in [0, 0.05) is 31.4 Å². The van der Waals surface area contributed by atoms with Crippen molar-refractivity contribution >= 4 is 11.7 Å². The first-order valence-corrected chi connectivity index (χ1v) is 8.66. The molecule has 1 fully saturated rings. The lowest BCUT2D eigenvalue weighted by atomic mass is 10.2. The Labute approximate surface area is 151 Å². The SMILES string of the molecule is Cc1noc(C)c1Cn1cc(N2CCN(Cc3ccccc3)C2=O)cn1. The van der Waals surface area contributed by atoms with Crippen molar-refractivity contribution in [3.8, 4) is 0 Å². The molecule has 1 aliphatic rings. The number of benzene rings is 1. The fourth-order valence-electron chi connectivity index (χ4n) is 3.24. The van der Waals surface area contributed by atoms with Crippen molar-refractivity contribution in [1.82, 2.24) is 19.8 Å². The Morgan fingerprint density at radius 2 is 1.92 bits per heavy atom. The molecule has 4 rings (SSSR count). The highest BCUT2D eigenvalue weighted by molar-refractivity contribution is 5.93. The molecular weight excluding hydrogens is 330 g/mol. The number of amides is 2. The second-order valence-corrected chi connectivity index (χ2v) is 6.54. The highest BCUT2D eigenvalue weighted by Crippen LogP contribution is 2.22. The van der Waals surface area contributed by atoms with E-state index in [0.29, 0.717) is 26.2 Å². The van der Waals surface area contributed by atoms with Crippen molar-refractivity contribution in [3.05, 3.63) is 65.3 Å². The van der Waals surface area contributed by atoms with Crippen molar-refractivity contribution < 1.29 is 9.32 Å². The zero-order valence-corrected chi connectivity index (χ0v) is 14.9. The van der Waals surface area contributed by atoms with Crippen LogP contribution >= 0.6 is 0 Å². The smallest absolute Gasteiger partial charge is 0.325 e. The molecular formula is C19H21N5O2. The van der Waals surface area contributed by atoms with Crippen LogP contribution in [0, 0.1) is 13.8 Å². The average molecular weight is 351 g/mol. The lowest BCUT2D eigenvalue weighted by Gasteiger charge is -2.17. The van der Waals surface area contributed by atoms with E-state index >= 15 is 0 Å². The van der Waals surface area contributed by atoms with Gasteiger partial charge in [0.05, 0.1) is 24.1 Å². The van der Waals surface area contributed by atoms with Crippen LogP contribution in [-0.2, 0) is 13.1 Å². The predicted octanol–water partition coefficient (Wildman–Crippen LogP) is 2.98. The third-order valence-corrected chi connectivity index (χ3v) is 4.74. The summed E-state index contributed by atoms with van der Waals surface area (Å²) in [6, 6.07) is 10.1. The van der Waals surface area contributed by atoms with Gasteiger partial charge in [0.2, 0.25) is 0 Å². The highest BCUT2D eigenvalue weighted by Gasteiger charge is 2.30. The quantitative estimate of drug-likeness (QED) is 0.709. The monoisotopic (exact) mass is 351 g/mol. The molecule has 26 heavy (non-hydrogen) atoms. The molecule has 0 N–H and O–H groups in total. The van der Waals surface area contributed by atoms with Crippen LogP contribution in [0.2, 0.25) is 0 Å². The van der Waals surface area contributed by atoms with Crippen molar-refractivity contribution in [2.75, 3.05) is 18.0 Å². The fourth-order valence-corrected chi connectivity index (χ4v) is 3.24. The summed E-state index contributed by atoms with van der Waals surface area (Å²) in [5, 5.41) is 8.37. The molecule has 2 amide bonds. The first-order chi connectivity index (χ1) is 12.6. The van der Waals surface area contributed by atoms with Gasteiger partial charge in [0.15, 0.2) is 0 Å². The van der Waals surface area contributed by atoms with Crippen molar-refractivity contribution in [1.29, 1.82) is 0 Å². The topological polar surface area (TPSA) is 67.4 Å². The first kappa shape index (κ1) is 16.4. The number of anilines is 1. The molecule has 7 nitrogen and oxygen atoms in total. The Hall–Kier alpha value is -3.09. The summed E-state index contributed by atoms with van der Waals surface area (Å²) in [7, 11) is 0. The van der Waals surface area contributed by atoms with Gasteiger partial charge in [-0.25, -0.2) is 4.79 Å². The molecule has 0 aliphatic carbocycles. The third kappa shape index (κ3) is 3.08. The Morgan fingerprint density at radius 3 is 2.65 bits per heavy atom. The van der Waals surface area contributed by atoms with Crippen molar-refractivity contribution in [3.63, 3.8) is 0 Å². The summed E-state index contributed by atoms with van der Waals surface area (Å²) in [6.07, 6.45) is 3.64. The van der Waals surface area contributed by atoms with E-state index in [0.717, 1.165) is 28.3 Å². The lowest BCUT2D eigenvalue weighted by molar-refractivity contribution is 0.219. The number of hydrogen-bond donors (Lipinski definition) is 0. The summed E-state index contributed by atoms with van der Waals surface area (Å²) in [5.41, 5.74) is 3.85. The molecule has 0 bridgehead atoms. The number of urea groups is 1. The van der Waals surface area contributed by atoms with Crippen LogP contribution in [0.1, 0.15) is 22.6 Å². The Kier molecular flexibility index (Phi) is 4.20. The van der Waals surface area contributed by atoms with Crippen LogP contribution in [0.3, 0.4) is 0 Å². The molecule has 1 aliphatic heterocycles. The molecule has 1 saturated heterocycles. The van der Waals surface area contributed by atoms with E-state index in [1.165, 1.54) is 0 Å². The lowest BCUT2D eigenvalue weighted by Crippen LogP contribution is -2.31.